The van der Waals surface area contributed by atoms with E-state index in [-0.39, 0.29) is 11.7 Å². The average molecular weight is 563 g/mol. The second-order valence-electron chi connectivity index (χ2n) is 9.89. The molecule has 0 saturated heterocycles. The number of carbonyl (C=O) groups excluding carboxylic acids is 1. The van der Waals surface area contributed by atoms with Gasteiger partial charge in [-0.1, -0.05) is 72.5 Å². The maximum Gasteiger partial charge on any atom is 0.360 e. The van der Waals surface area contributed by atoms with Crippen molar-refractivity contribution in [2.24, 2.45) is 0 Å². The SMILES string of the molecule is COC(=O)c1ncc(C#CCCN2CCc3cc(OC)c(OC)cc3C2c2ccccc2)cc1OCc1ccccc1. The van der Waals surface area contributed by atoms with Crippen LogP contribution >= 0.6 is 0 Å². The molecule has 4 aromatic rings. The first-order chi connectivity index (χ1) is 20.6. The molecule has 42 heavy (non-hydrogen) atoms. The Morgan fingerprint density at radius 2 is 1.64 bits per heavy atom. The fourth-order valence-corrected chi connectivity index (χ4v) is 5.24. The van der Waals surface area contributed by atoms with E-state index >= 15 is 0 Å². The Hall–Kier alpha value is -4.80. The minimum absolute atomic E-state index is 0.0792. The van der Waals surface area contributed by atoms with Gasteiger partial charge >= 0.3 is 5.97 Å². The van der Waals surface area contributed by atoms with Crippen LogP contribution in [0.4, 0.5) is 0 Å². The third kappa shape index (κ3) is 6.56. The third-order valence-corrected chi connectivity index (χ3v) is 7.31. The highest BCUT2D eigenvalue weighted by Crippen LogP contribution is 2.41. The Labute approximate surface area is 247 Å². The summed E-state index contributed by atoms with van der Waals surface area (Å²) >= 11 is 0. The van der Waals surface area contributed by atoms with Gasteiger partial charge in [-0.05, 0) is 46.9 Å². The first-order valence-corrected chi connectivity index (χ1v) is 13.9. The van der Waals surface area contributed by atoms with Crippen LogP contribution in [0.1, 0.15) is 50.8 Å². The second kappa shape index (κ2) is 13.7. The predicted octanol–water partition coefficient (Wildman–Crippen LogP) is 5.85. The van der Waals surface area contributed by atoms with Gasteiger partial charge in [0.15, 0.2) is 22.9 Å². The Morgan fingerprint density at radius 1 is 0.929 bits per heavy atom. The van der Waals surface area contributed by atoms with Gasteiger partial charge in [0.05, 0.1) is 27.4 Å². The molecule has 1 aromatic heterocycles. The summed E-state index contributed by atoms with van der Waals surface area (Å²) < 4.78 is 22.1. The zero-order valence-corrected chi connectivity index (χ0v) is 24.1. The second-order valence-corrected chi connectivity index (χ2v) is 9.89. The van der Waals surface area contributed by atoms with Crippen LogP contribution in [-0.4, -0.2) is 50.3 Å². The molecule has 0 spiro atoms. The Balaban J connectivity index is 1.34. The molecule has 2 heterocycles. The number of nitrogens with zero attached hydrogens (tertiary/aromatic N) is 2. The van der Waals surface area contributed by atoms with Crippen molar-refractivity contribution in [3.63, 3.8) is 0 Å². The van der Waals surface area contributed by atoms with Gasteiger partial charge in [-0.3, -0.25) is 4.90 Å². The van der Waals surface area contributed by atoms with Crippen molar-refractivity contribution >= 4 is 5.97 Å². The molecule has 7 heteroatoms. The molecule has 0 N–H and O–H groups in total. The van der Waals surface area contributed by atoms with Crippen molar-refractivity contribution in [3.8, 4) is 29.1 Å². The molecular weight excluding hydrogens is 528 g/mol. The smallest absolute Gasteiger partial charge is 0.360 e. The van der Waals surface area contributed by atoms with Crippen LogP contribution in [0.25, 0.3) is 0 Å². The molecule has 0 saturated carbocycles. The third-order valence-electron chi connectivity index (χ3n) is 7.31. The number of carbonyl (C=O) groups is 1. The van der Waals surface area contributed by atoms with E-state index in [0.717, 1.165) is 36.6 Å². The standard InChI is InChI=1S/C35H34N2O5/c1-39-30-21-28-17-19-37(34(27-15-8-5-9-16-27)29(28)22-31(30)40-2)18-11-10-14-26-20-32(33(36-23-26)35(38)41-3)42-24-25-12-6-4-7-13-25/h4-9,12-13,15-16,20-23,34H,11,17-19,24H2,1-3H3. The van der Waals surface area contributed by atoms with Gasteiger partial charge in [0.2, 0.25) is 0 Å². The highest BCUT2D eigenvalue weighted by Gasteiger charge is 2.30. The fraction of sp³-hybridized carbons (Fsp3) is 0.257. The summed E-state index contributed by atoms with van der Waals surface area (Å²) in [7, 11) is 4.67. The Bertz CT molecular complexity index is 1580. The molecule has 1 aliphatic heterocycles. The monoisotopic (exact) mass is 562 g/mol. The Morgan fingerprint density at radius 3 is 2.36 bits per heavy atom. The summed E-state index contributed by atoms with van der Waals surface area (Å²) in [5, 5.41) is 0. The van der Waals surface area contributed by atoms with E-state index in [0.29, 0.717) is 24.3 Å². The summed E-state index contributed by atoms with van der Waals surface area (Å²) in [6.07, 6.45) is 3.15. The molecule has 214 valence electrons. The first kappa shape index (κ1) is 28.7. The van der Waals surface area contributed by atoms with E-state index < -0.39 is 5.97 Å². The molecule has 0 fully saturated rings. The first-order valence-electron chi connectivity index (χ1n) is 13.9. The van der Waals surface area contributed by atoms with E-state index in [9.17, 15) is 4.79 Å². The topological polar surface area (TPSA) is 70.1 Å². The van der Waals surface area contributed by atoms with Crippen molar-refractivity contribution < 1.29 is 23.7 Å². The summed E-state index contributed by atoms with van der Waals surface area (Å²) in [6.45, 7) is 1.99. The molecule has 1 atom stereocenters. The number of rotatable bonds is 9. The highest BCUT2D eigenvalue weighted by molar-refractivity contribution is 5.90. The van der Waals surface area contributed by atoms with Crippen molar-refractivity contribution in [3.05, 3.63) is 119 Å². The number of benzene rings is 3. The number of hydrogen-bond donors (Lipinski definition) is 0. The minimum Gasteiger partial charge on any atom is -0.493 e. The van der Waals surface area contributed by atoms with Crippen LogP contribution in [0, 0.1) is 11.8 Å². The quantitative estimate of drug-likeness (QED) is 0.187. The number of esters is 1. The average Bonchev–Trinajstić information content (AvgIpc) is 3.05. The molecular formula is C35H34N2O5. The minimum atomic E-state index is -0.552. The van der Waals surface area contributed by atoms with Crippen LogP contribution in [0.15, 0.2) is 85.1 Å². The summed E-state index contributed by atoms with van der Waals surface area (Å²) in [5.41, 5.74) is 5.50. The molecule has 1 aliphatic rings. The van der Waals surface area contributed by atoms with Gasteiger partial charge in [0, 0.05) is 31.3 Å². The van der Waals surface area contributed by atoms with Crippen LogP contribution in [0.5, 0.6) is 17.2 Å². The van der Waals surface area contributed by atoms with Crippen LogP contribution in [0.3, 0.4) is 0 Å². The lowest BCUT2D eigenvalue weighted by Crippen LogP contribution is -2.36. The zero-order chi connectivity index (χ0) is 29.3. The maximum atomic E-state index is 12.3. The van der Waals surface area contributed by atoms with Crippen LogP contribution in [0.2, 0.25) is 0 Å². The van der Waals surface area contributed by atoms with Gasteiger partial charge in [-0.25, -0.2) is 9.78 Å². The van der Waals surface area contributed by atoms with E-state index in [2.05, 4.69) is 58.1 Å². The number of aromatic nitrogens is 1. The van der Waals surface area contributed by atoms with Crippen molar-refractivity contribution in [1.29, 1.82) is 0 Å². The van der Waals surface area contributed by atoms with Crippen molar-refractivity contribution in [2.75, 3.05) is 34.4 Å². The van der Waals surface area contributed by atoms with E-state index in [1.807, 2.05) is 36.4 Å². The molecule has 1 unspecified atom stereocenters. The number of hydrogen-bond acceptors (Lipinski definition) is 7. The number of ether oxygens (including phenoxy) is 4. The molecule has 0 amide bonds. The van der Waals surface area contributed by atoms with E-state index in [1.54, 1.807) is 26.5 Å². The van der Waals surface area contributed by atoms with Gasteiger partial charge in [-0.2, -0.15) is 0 Å². The lowest BCUT2D eigenvalue weighted by molar-refractivity contribution is 0.0588. The summed E-state index contributed by atoms with van der Waals surface area (Å²) in [4.78, 5) is 19.0. The van der Waals surface area contributed by atoms with Crippen LogP contribution < -0.4 is 14.2 Å². The van der Waals surface area contributed by atoms with Gasteiger partial charge in [0.25, 0.3) is 0 Å². The summed E-state index contributed by atoms with van der Waals surface area (Å²) in [5.74, 6) is 7.78. The van der Waals surface area contributed by atoms with E-state index in [4.69, 9.17) is 18.9 Å². The molecule has 0 radical (unpaired) electrons. The largest absolute Gasteiger partial charge is 0.493 e. The molecule has 7 nitrogen and oxygen atoms in total. The predicted molar refractivity (Wildman–Crippen MR) is 161 cm³/mol. The van der Waals surface area contributed by atoms with Gasteiger partial charge < -0.3 is 18.9 Å². The fourth-order valence-electron chi connectivity index (χ4n) is 5.24. The van der Waals surface area contributed by atoms with Gasteiger partial charge in [-0.15, -0.1) is 0 Å². The number of fused-ring (bicyclic) bond motifs is 1. The van der Waals surface area contributed by atoms with Crippen molar-refractivity contribution in [1.82, 2.24) is 9.88 Å². The Kier molecular flexibility index (Phi) is 9.37. The van der Waals surface area contributed by atoms with Crippen molar-refractivity contribution in [2.45, 2.75) is 25.5 Å². The zero-order valence-electron chi connectivity index (χ0n) is 24.1. The molecule has 0 aliphatic carbocycles. The molecule has 3 aromatic carbocycles. The number of methoxy groups -OCH3 is 3. The highest BCUT2D eigenvalue weighted by atomic mass is 16.5. The molecule has 0 bridgehead atoms. The maximum absolute atomic E-state index is 12.3. The van der Waals surface area contributed by atoms with Crippen LogP contribution in [-0.2, 0) is 17.8 Å². The van der Waals surface area contributed by atoms with E-state index in [1.165, 1.54) is 23.8 Å². The van der Waals surface area contributed by atoms with Gasteiger partial charge in [0.1, 0.15) is 6.61 Å². The summed E-state index contributed by atoms with van der Waals surface area (Å²) in [6, 6.07) is 26.3. The lowest BCUT2D eigenvalue weighted by Gasteiger charge is -2.38. The number of pyridine rings is 1. The molecule has 5 rings (SSSR count). The lowest BCUT2D eigenvalue weighted by atomic mass is 9.87. The normalized spacial score (nSPS) is 14.2.